The van der Waals surface area contributed by atoms with Gasteiger partial charge in [-0.1, -0.05) is 24.3 Å². The zero-order chi connectivity index (χ0) is 13.2. The third kappa shape index (κ3) is 2.10. The van der Waals surface area contributed by atoms with E-state index in [0.29, 0.717) is 5.56 Å². The fourth-order valence-electron chi connectivity index (χ4n) is 2.14. The molecule has 1 heterocycles. The Kier molecular flexibility index (Phi) is 2.80. The molecule has 19 heavy (non-hydrogen) atoms. The Balaban J connectivity index is 1.99. The molecule has 0 bridgehead atoms. The molecule has 0 unspecified atom stereocenters. The van der Waals surface area contributed by atoms with Gasteiger partial charge in [0.15, 0.2) is 0 Å². The van der Waals surface area contributed by atoms with E-state index in [2.05, 4.69) is 27.9 Å². The van der Waals surface area contributed by atoms with Gasteiger partial charge in [0.2, 0.25) is 0 Å². The maximum Gasteiger partial charge on any atom is 0.337 e. The first-order valence-corrected chi connectivity index (χ1v) is 6.04. The number of ether oxygens (including phenoxy) is 1. The Morgan fingerprint density at radius 3 is 2.47 bits per heavy atom. The summed E-state index contributed by atoms with van der Waals surface area (Å²) in [5.74, 6) is -0.314. The van der Waals surface area contributed by atoms with Gasteiger partial charge in [-0.25, -0.2) is 4.79 Å². The standard InChI is InChI=1S/C16H13NO2/c1-19-16(18)13-5-2-11(3-6-13)14-7-4-12-8-9-17-15(12)10-14/h2-10,17H,1H3. The Morgan fingerprint density at radius 1 is 1.00 bits per heavy atom. The van der Waals surface area contributed by atoms with Crippen LogP contribution in [0.4, 0.5) is 0 Å². The van der Waals surface area contributed by atoms with Crippen LogP contribution in [0, 0.1) is 0 Å². The SMILES string of the molecule is COC(=O)c1ccc(-c2ccc3cc[nH]c3c2)cc1. The second kappa shape index (κ2) is 4.61. The predicted molar refractivity (Wildman–Crippen MR) is 75.1 cm³/mol. The molecule has 3 rings (SSSR count). The molecule has 1 aromatic heterocycles. The van der Waals surface area contributed by atoms with Crippen molar-refractivity contribution in [3.63, 3.8) is 0 Å². The quantitative estimate of drug-likeness (QED) is 0.707. The van der Waals surface area contributed by atoms with Crippen LogP contribution < -0.4 is 0 Å². The number of methoxy groups -OCH3 is 1. The third-order valence-corrected chi connectivity index (χ3v) is 3.19. The van der Waals surface area contributed by atoms with E-state index < -0.39 is 0 Å². The van der Waals surface area contributed by atoms with Crippen molar-refractivity contribution in [3.8, 4) is 11.1 Å². The van der Waals surface area contributed by atoms with E-state index in [1.807, 2.05) is 24.4 Å². The first-order valence-electron chi connectivity index (χ1n) is 6.04. The highest BCUT2D eigenvalue weighted by atomic mass is 16.5. The fraction of sp³-hybridized carbons (Fsp3) is 0.0625. The van der Waals surface area contributed by atoms with E-state index in [-0.39, 0.29) is 5.97 Å². The summed E-state index contributed by atoms with van der Waals surface area (Å²) in [6.07, 6.45) is 1.93. The van der Waals surface area contributed by atoms with Crippen molar-refractivity contribution in [1.82, 2.24) is 4.98 Å². The lowest BCUT2D eigenvalue weighted by molar-refractivity contribution is 0.0601. The summed E-state index contributed by atoms with van der Waals surface area (Å²) in [5.41, 5.74) is 3.86. The van der Waals surface area contributed by atoms with Crippen molar-refractivity contribution in [3.05, 3.63) is 60.3 Å². The van der Waals surface area contributed by atoms with Gasteiger partial charge in [0, 0.05) is 11.7 Å². The minimum absolute atomic E-state index is 0.314. The number of carbonyl (C=O) groups excluding carboxylic acids is 1. The lowest BCUT2D eigenvalue weighted by Gasteiger charge is -2.04. The molecule has 0 fully saturated rings. The molecule has 3 heteroatoms. The molecule has 0 aliphatic carbocycles. The van der Waals surface area contributed by atoms with Crippen LogP contribution in [0.25, 0.3) is 22.0 Å². The van der Waals surface area contributed by atoms with Crippen LogP contribution in [0.15, 0.2) is 54.7 Å². The molecule has 0 saturated carbocycles. The molecule has 3 nitrogen and oxygen atoms in total. The summed E-state index contributed by atoms with van der Waals surface area (Å²) in [7, 11) is 1.38. The van der Waals surface area contributed by atoms with E-state index in [1.165, 1.54) is 12.5 Å². The average molecular weight is 251 g/mol. The molecule has 0 aliphatic heterocycles. The normalized spacial score (nSPS) is 10.6. The van der Waals surface area contributed by atoms with Crippen LogP contribution in [-0.2, 0) is 4.74 Å². The molecule has 0 aliphatic rings. The van der Waals surface area contributed by atoms with Gasteiger partial charge >= 0.3 is 5.97 Å². The Bertz CT molecular complexity index is 726. The van der Waals surface area contributed by atoms with Gasteiger partial charge in [-0.3, -0.25) is 0 Å². The van der Waals surface area contributed by atoms with Gasteiger partial charge in [0.05, 0.1) is 12.7 Å². The minimum atomic E-state index is -0.314. The van der Waals surface area contributed by atoms with Crippen molar-refractivity contribution in [1.29, 1.82) is 0 Å². The number of esters is 1. The first-order chi connectivity index (χ1) is 9.28. The summed E-state index contributed by atoms with van der Waals surface area (Å²) in [4.78, 5) is 14.6. The maximum absolute atomic E-state index is 11.4. The Hall–Kier alpha value is -2.55. The summed E-state index contributed by atoms with van der Waals surface area (Å²) in [6.45, 7) is 0. The number of rotatable bonds is 2. The Morgan fingerprint density at radius 2 is 1.74 bits per heavy atom. The van der Waals surface area contributed by atoms with E-state index in [9.17, 15) is 4.79 Å². The monoisotopic (exact) mass is 251 g/mol. The number of hydrogen-bond acceptors (Lipinski definition) is 2. The zero-order valence-electron chi connectivity index (χ0n) is 10.5. The van der Waals surface area contributed by atoms with Crippen molar-refractivity contribution >= 4 is 16.9 Å². The second-order valence-electron chi connectivity index (χ2n) is 4.35. The number of benzene rings is 2. The molecule has 0 amide bonds. The highest BCUT2D eigenvalue weighted by molar-refractivity contribution is 5.90. The number of carbonyl (C=O) groups is 1. The van der Waals surface area contributed by atoms with E-state index >= 15 is 0 Å². The number of fused-ring (bicyclic) bond motifs is 1. The van der Waals surface area contributed by atoms with Crippen LogP contribution in [0.3, 0.4) is 0 Å². The smallest absolute Gasteiger partial charge is 0.337 e. The molecular formula is C16H13NO2. The van der Waals surface area contributed by atoms with Gasteiger partial charge in [0.25, 0.3) is 0 Å². The fourth-order valence-corrected chi connectivity index (χ4v) is 2.14. The number of aromatic nitrogens is 1. The van der Waals surface area contributed by atoms with Gasteiger partial charge in [-0.15, -0.1) is 0 Å². The number of hydrogen-bond donors (Lipinski definition) is 1. The average Bonchev–Trinajstić information content (AvgIpc) is 2.94. The van der Waals surface area contributed by atoms with E-state index in [0.717, 1.165) is 16.6 Å². The lowest BCUT2D eigenvalue weighted by atomic mass is 10.0. The molecule has 2 aromatic carbocycles. The predicted octanol–water partition coefficient (Wildman–Crippen LogP) is 3.62. The zero-order valence-corrected chi connectivity index (χ0v) is 10.5. The highest BCUT2D eigenvalue weighted by Gasteiger charge is 2.05. The topological polar surface area (TPSA) is 42.1 Å². The minimum Gasteiger partial charge on any atom is -0.465 e. The molecule has 0 spiro atoms. The van der Waals surface area contributed by atoms with Gasteiger partial charge in [-0.2, -0.15) is 0 Å². The van der Waals surface area contributed by atoms with Crippen molar-refractivity contribution in [2.45, 2.75) is 0 Å². The number of nitrogens with one attached hydrogen (secondary N) is 1. The highest BCUT2D eigenvalue weighted by Crippen LogP contribution is 2.24. The number of aromatic amines is 1. The Labute approximate surface area is 110 Å². The van der Waals surface area contributed by atoms with Gasteiger partial charge in [0.1, 0.15) is 0 Å². The molecule has 94 valence electrons. The van der Waals surface area contributed by atoms with Crippen molar-refractivity contribution < 1.29 is 9.53 Å². The largest absolute Gasteiger partial charge is 0.465 e. The van der Waals surface area contributed by atoms with E-state index in [1.54, 1.807) is 12.1 Å². The molecule has 3 aromatic rings. The second-order valence-corrected chi connectivity index (χ2v) is 4.35. The van der Waals surface area contributed by atoms with Crippen LogP contribution in [0.1, 0.15) is 10.4 Å². The summed E-state index contributed by atoms with van der Waals surface area (Å²) in [6, 6.07) is 15.7. The number of H-pyrrole nitrogens is 1. The third-order valence-electron chi connectivity index (χ3n) is 3.19. The van der Waals surface area contributed by atoms with Crippen molar-refractivity contribution in [2.24, 2.45) is 0 Å². The van der Waals surface area contributed by atoms with Crippen LogP contribution in [-0.4, -0.2) is 18.1 Å². The van der Waals surface area contributed by atoms with Gasteiger partial charge in [-0.05, 0) is 40.8 Å². The first kappa shape index (κ1) is 11.5. The van der Waals surface area contributed by atoms with Crippen LogP contribution in [0.2, 0.25) is 0 Å². The molecule has 0 radical (unpaired) electrons. The lowest BCUT2D eigenvalue weighted by Crippen LogP contribution is -2.00. The molecule has 1 N–H and O–H groups in total. The molecule has 0 atom stereocenters. The van der Waals surface area contributed by atoms with Crippen LogP contribution in [0.5, 0.6) is 0 Å². The summed E-state index contributed by atoms with van der Waals surface area (Å²) < 4.78 is 4.69. The molecular weight excluding hydrogens is 238 g/mol. The summed E-state index contributed by atoms with van der Waals surface area (Å²) >= 11 is 0. The van der Waals surface area contributed by atoms with Crippen molar-refractivity contribution in [2.75, 3.05) is 7.11 Å². The molecule has 0 saturated heterocycles. The van der Waals surface area contributed by atoms with Crippen LogP contribution >= 0.6 is 0 Å². The van der Waals surface area contributed by atoms with Gasteiger partial charge < -0.3 is 9.72 Å². The van der Waals surface area contributed by atoms with E-state index in [4.69, 9.17) is 0 Å². The maximum atomic E-state index is 11.4. The summed E-state index contributed by atoms with van der Waals surface area (Å²) in [5, 5.41) is 1.19.